The first-order valence-electron chi connectivity index (χ1n) is 10.6. The van der Waals surface area contributed by atoms with Crippen molar-refractivity contribution in [2.75, 3.05) is 33.2 Å². The summed E-state index contributed by atoms with van der Waals surface area (Å²) in [5, 5.41) is 15.1. The third-order valence-corrected chi connectivity index (χ3v) is 5.53. The number of aromatic carboxylic acids is 1. The normalized spacial score (nSPS) is 10.7. The first-order valence-corrected chi connectivity index (χ1v) is 10.6. The van der Waals surface area contributed by atoms with Crippen molar-refractivity contribution in [3.63, 3.8) is 0 Å². The fourth-order valence-electron chi connectivity index (χ4n) is 3.86. The molecule has 3 aromatic carbocycles. The SMILES string of the molecule is COc1cc2ccccc2cc1CCNc1cc(-c2cc(OC)c(C(=O)O)c(OC)c2)ncn1. The molecule has 0 fully saturated rings. The zero-order valence-corrected chi connectivity index (χ0v) is 19.2. The van der Waals surface area contributed by atoms with Gasteiger partial charge in [0.15, 0.2) is 0 Å². The van der Waals surface area contributed by atoms with Crippen LogP contribution in [0.1, 0.15) is 15.9 Å². The predicted molar refractivity (Wildman–Crippen MR) is 130 cm³/mol. The summed E-state index contributed by atoms with van der Waals surface area (Å²) < 4.78 is 16.1. The highest BCUT2D eigenvalue weighted by molar-refractivity contribution is 5.95. The Hall–Kier alpha value is -4.33. The number of fused-ring (bicyclic) bond motifs is 1. The van der Waals surface area contributed by atoms with Gasteiger partial charge in [0.1, 0.15) is 35.0 Å². The first kappa shape index (κ1) is 22.8. The van der Waals surface area contributed by atoms with Gasteiger partial charge in [0.2, 0.25) is 0 Å². The number of aromatic nitrogens is 2. The summed E-state index contributed by atoms with van der Waals surface area (Å²) in [5.41, 5.74) is 2.32. The van der Waals surface area contributed by atoms with Crippen LogP contribution in [0.3, 0.4) is 0 Å². The van der Waals surface area contributed by atoms with E-state index in [4.69, 9.17) is 14.2 Å². The van der Waals surface area contributed by atoms with Crippen molar-refractivity contribution < 1.29 is 24.1 Å². The van der Waals surface area contributed by atoms with E-state index in [1.54, 1.807) is 25.3 Å². The third kappa shape index (κ3) is 4.71. The summed E-state index contributed by atoms with van der Waals surface area (Å²) >= 11 is 0. The van der Waals surface area contributed by atoms with Gasteiger partial charge < -0.3 is 24.6 Å². The van der Waals surface area contributed by atoms with Crippen LogP contribution in [0, 0.1) is 0 Å². The molecule has 34 heavy (non-hydrogen) atoms. The van der Waals surface area contributed by atoms with E-state index in [0.717, 1.165) is 28.5 Å². The molecule has 0 saturated carbocycles. The minimum absolute atomic E-state index is 0.0366. The number of nitrogens with zero attached hydrogens (tertiary/aromatic N) is 2. The number of methoxy groups -OCH3 is 3. The molecule has 0 aliphatic carbocycles. The smallest absolute Gasteiger partial charge is 0.343 e. The molecule has 0 unspecified atom stereocenters. The molecule has 0 atom stereocenters. The van der Waals surface area contributed by atoms with E-state index in [2.05, 4.69) is 39.6 Å². The largest absolute Gasteiger partial charge is 0.496 e. The summed E-state index contributed by atoms with van der Waals surface area (Å²) in [4.78, 5) is 20.3. The van der Waals surface area contributed by atoms with Crippen LogP contribution in [0.15, 0.2) is 60.9 Å². The van der Waals surface area contributed by atoms with Crippen LogP contribution in [0.25, 0.3) is 22.0 Å². The van der Waals surface area contributed by atoms with Crippen LogP contribution in [-0.4, -0.2) is 48.9 Å². The lowest BCUT2D eigenvalue weighted by Crippen LogP contribution is -2.08. The monoisotopic (exact) mass is 459 g/mol. The average molecular weight is 460 g/mol. The molecule has 2 N–H and O–H groups in total. The molecule has 8 nitrogen and oxygen atoms in total. The molecule has 0 radical (unpaired) electrons. The molecule has 0 amide bonds. The second-order valence-electron chi connectivity index (χ2n) is 7.54. The number of hydrogen-bond acceptors (Lipinski definition) is 7. The van der Waals surface area contributed by atoms with Gasteiger partial charge >= 0.3 is 5.97 Å². The molecule has 1 aromatic heterocycles. The lowest BCUT2D eigenvalue weighted by Gasteiger charge is -2.13. The standard InChI is InChI=1S/C26H25N3O5/c1-32-21-11-17-7-5-4-6-16(17)10-18(21)8-9-27-24-14-20(28-15-29-24)19-12-22(33-2)25(26(30)31)23(13-19)34-3/h4-7,10-15H,8-9H2,1-3H3,(H,30,31)(H,27,28,29). The van der Waals surface area contributed by atoms with Crippen LogP contribution in [0.2, 0.25) is 0 Å². The second kappa shape index (κ2) is 10.1. The maximum Gasteiger partial charge on any atom is 0.343 e. The molecule has 0 aliphatic rings. The summed E-state index contributed by atoms with van der Waals surface area (Å²) in [5.74, 6) is 0.748. The zero-order chi connectivity index (χ0) is 24.1. The van der Waals surface area contributed by atoms with Crippen molar-refractivity contribution in [1.82, 2.24) is 9.97 Å². The van der Waals surface area contributed by atoms with Gasteiger partial charge in [0.05, 0.1) is 27.0 Å². The Morgan fingerprint density at radius 3 is 2.15 bits per heavy atom. The lowest BCUT2D eigenvalue weighted by molar-refractivity contribution is 0.0689. The van der Waals surface area contributed by atoms with Crippen LogP contribution in [0.4, 0.5) is 5.82 Å². The number of ether oxygens (including phenoxy) is 3. The number of hydrogen-bond donors (Lipinski definition) is 2. The molecule has 0 saturated heterocycles. The Morgan fingerprint density at radius 1 is 0.882 bits per heavy atom. The van der Waals surface area contributed by atoms with Crippen molar-refractivity contribution >= 4 is 22.6 Å². The Balaban J connectivity index is 1.54. The topological polar surface area (TPSA) is 103 Å². The van der Waals surface area contributed by atoms with E-state index in [0.29, 0.717) is 23.6 Å². The Bertz CT molecular complexity index is 1310. The van der Waals surface area contributed by atoms with Crippen LogP contribution < -0.4 is 19.5 Å². The van der Waals surface area contributed by atoms with E-state index >= 15 is 0 Å². The fourth-order valence-corrected chi connectivity index (χ4v) is 3.86. The average Bonchev–Trinajstić information content (AvgIpc) is 2.87. The maximum absolute atomic E-state index is 11.6. The van der Waals surface area contributed by atoms with E-state index in [-0.39, 0.29) is 17.1 Å². The number of nitrogens with one attached hydrogen (secondary N) is 1. The van der Waals surface area contributed by atoms with Crippen molar-refractivity contribution in [1.29, 1.82) is 0 Å². The maximum atomic E-state index is 11.6. The molecule has 1 heterocycles. The zero-order valence-electron chi connectivity index (χ0n) is 19.2. The van der Waals surface area contributed by atoms with Crippen LogP contribution >= 0.6 is 0 Å². The highest BCUT2D eigenvalue weighted by Gasteiger charge is 2.20. The summed E-state index contributed by atoms with van der Waals surface area (Å²) in [6, 6.07) is 17.4. The first-order chi connectivity index (χ1) is 16.5. The number of carbonyl (C=O) groups is 1. The van der Waals surface area contributed by atoms with Crippen LogP contribution in [0.5, 0.6) is 17.2 Å². The van der Waals surface area contributed by atoms with E-state index in [1.165, 1.54) is 20.5 Å². The van der Waals surface area contributed by atoms with Crippen LogP contribution in [-0.2, 0) is 6.42 Å². The summed E-state index contributed by atoms with van der Waals surface area (Å²) in [6.07, 6.45) is 2.20. The molecule has 4 aromatic rings. The van der Waals surface area contributed by atoms with Gasteiger partial charge in [-0.15, -0.1) is 0 Å². The fraction of sp³-hybridized carbons (Fsp3) is 0.192. The molecule has 4 rings (SSSR count). The highest BCUT2D eigenvalue weighted by Crippen LogP contribution is 2.35. The minimum Gasteiger partial charge on any atom is -0.496 e. The Labute approximate surface area is 197 Å². The Morgan fingerprint density at radius 2 is 1.53 bits per heavy atom. The van der Waals surface area contributed by atoms with Crippen molar-refractivity contribution in [2.24, 2.45) is 0 Å². The number of benzene rings is 3. The number of rotatable bonds is 9. The van der Waals surface area contributed by atoms with Gasteiger partial charge in [-0.05, 0) is 47.0 Å². The van der Waals surface area contributed by atoms with Gasteiger partial charge in [-0.1, -0.05) is 24.3 Å². The number of carboxylic acid groups (broad SMARTS) is 1. The summed E-state index contributed by atoms with van der Waals surface area (Å²) in [7, 11) is 4.51. The minimum atomic E-state index is -1.13. The molecular weight excluding hydrogens is 434 g/mol. The van der Waals surface area contributed by atoms with Crippen molar-refractivity contribution in [3.05, 3.63) is 72.1 Å². The van der Waals surface area contributed by atoms with Gasteiger partial charge in [-0.3, -0.25) is 0 Å². The van der Waals surface area contributed by atoms with E-state index in [9.17, 15) is 9.90 Å². The van der Waals surface area contributed by atoms with Crippen molar-refractivity contribution in [2.45, 2.75) is 6.42 Å². The molecule has 0 spiro atoms. The van der Waals surface area contributed by atoms with Crippen molar-refractivity contribution in [3.8, 4) is 28.5 Å². The molecule has 0 bridgehead atoms. The molecule has 0 aliphatic heterocycles. The van der Waals surface area contributed by atoms with Gasteiger partial charge in [0, 0.05) is 18.2 Å². The second-order valence-corrected chi connectivity index (χ2v) is 7.54. The van der Waals surface area contributed by atoms with E-state index < -0.39 is 5.97 Å². The summed E-state index contributed by atoms with van der Waals surface area (Å²) in [6.45, 7) is 0.635. The third-order valence-electron chi connectivity index (χ3n) is 5.53. The number of carboxylic acids is 1. The lowest BCUT2D eigenvalue weighted by atomic mass is 10.0. The Kier molecular flexibility index (Phi) is 6.77. The molecule has 174 valence electrons. The quantitative estimate of drug-likeness (QED) is 0.372. The predicted octanol–water partition coefficient (Wildman–Crippen LogP) is 4.68. The van der Waals surface area contributed by atoms with Gasteiger partial charge in [-0.2, -0.15) is 0 Å². The van der Waals surface area contributed by atoms with E-state index in [1.807, 2.05) is 12.1 Å². The molecule has 8 heteroatoms. The van der Waals surface area contributed by atoms with Gasteiger partial charge in [0.25, 0.3) is 0 Å². The molecular formula is C26H25N3O5. The van der Waals surface area contributed by atoms with Gasteiger partial charge in [-0.25, -0.2) is 14.8 Å². The number of anilines is 1. The highest BCUT2D eigenvalue weighted by atomic mass is 16.5.